The van der Waals surface area contributed by atoms with E-state index < -0.39 is 11.9 Å². The standard InChI is InChI=1S/C8H10BrNO3/c1-4(9)3-10-7(11)5-2-6(5)8(12)13/h5-6H,1-3H2,(H,10,11)(H,12,13)/t5-,6+/m1/s1. The monoisotopic (exact) mass is 247 g/mol. The third kappa shape index (κ3) is 2.84. The molecular formula is C8H10BrNO3. The van der Waals surface area contributed by atoms with Gasteiger partial charge in [0.25, 0.3) is 0 Å². The normalized spacial score (nSPS) is 25.0. The highest BCUT2D eigenvalue weighted by Gasteiger charge is 2.48. The van der Waals surface area contributed by atoms with Crippen molar-refractivity contribution in [3.05, 3.63) is 11.1 Å². The van der Waals surface area contributed by atoms with Crippen LogP contribution in [0.3, 0.4) is 0 Å². The Hall–Kier alpha value is -0.840. The number of aliphatic carboxylic acids is 1. The van der Waals surface area contributed by atoms with Crippen molar-refractivity contribution in [1.82, 2.24) is 5.32 Å². The molecule has 1 fully saturated rings. The maximum absolute atomic E-state index is 11.2. The molecule has 0 bridgehead atoms. The van der Waals surface area contributed by atoms with Crippen LogP contribution in [0.4, 0.5) is 0 Å². The van der Waals surface area contributed by atoms with Crippen LogP contribution < -0.4 is 5.32 Å². The number of amides is 1. The molecule has 1 amide bonds. The maximum Gasteiger partial charge on any atom is 0.307 e. The van der Waals surface area contributed by atoms with Crippen LogP contribution in [0.1, 0.15) is 6.42 Å². The van der Waals surface area contributed by atoms with E-state index in [0.717, 1.165) is 0 Å². The first-order valence-electron chi connectivity index (χ1n) is 3.86. The second kappa shape index (κ2) is 3.91. The smallest absolute Gasteiger partial charge is 0.307 e. The summed E-state index contributed by atoms with van der Waals surface area (Å²) in [5.41, 5.74) is 0. The fraction of sp³-hybridized carbons (Fsp3) is 0.500. The fourth-order valence-electron chi connectivity index (χ4n) is 1.07. The molecule has 0 saturated heterocycles. The molecule has 0 aromatic rings. The Morgan fingerprint density at radius 2 is 2.15 bits per heavy atom. The van der Waals surface area contributed by atoms with Crippen LogP contribution in [-0.2, 0) is 9.59 Å². The molecule has 5 heteroatoms. The first-order valence-corrected chi connectivity index (χ1v) is 4.65. The van der Waals surface area contributed by atoms with Gasteiger partial charge in [0, 0.05) is 11.0 Å². The van der Waals surface area contributed by atoms with Gasteiger partial charge < -0.3 is 10.4 Å². The number of carboxylic acid groups (broad SMARTS) is 1. The summed E-state index contributed by atoms with van der Waals surface area (Å²) in [5.74, 6) is -1.92. The van der Waals surface area contributed by atoms with Crippen LogP contribution in [-0.4, -0.2) is 23.5 Å². The minimum Gasteiger partial charge on any atom is -0.481 e. The number of nitrogens with one attached hydrogen (secondary N) is 1. The average Bonchev–Trinajstić information content (AvgIpc) is 2.78. The Kier molecular flexibility index (Phi) is 3.08. The molecule has 2 atom stereocenters. The van der Waals surface area contributed by atoms with Gasteiger partial charge in [-0.15, -0.1) is 0 Å². The molecule has 0 aliphatic heterocycles. The molecule has 0 unspecified atom stereocenters. The van der Waals surface area contributed by atoms with E-state index in [1.807, 2.05) is 0 Å². The van der Waals surface area contributed by atoms with Crippen LogP contribution in [0.5, 0.6) is 0 Å². The van der Waals surface area contributed by atoms with Gasteiger partial charge in [-0.1, -0.05) is 22.5 Å². The molecule has 4 nitrogen and oxygen atoms in total. The van der Waals surface area contributed by atoms with E-state index in [0.29, 0.717) is 17.4 Å². The van der Waals surface area contributed by atoms with E-state index in [1.54, 1.807) is 0 Å². The lowest BCUT2D eigenvalue weighted by molar-refractivity contribution is -0.140. The molecular weight excluding hydrogens is 238 g/mol. The molecule has 0 aromatic carbocycles. The largest absolute Gasteiger partial charge is 0.481 e. The van der Waals surface area contributed by atoms with Crippen molar-refractivity contribution < 1.29 is 14.7 Å². The predicted molar refractivity (Wildman–Crippen MR) is 50.3 cm³/mol. The highest BCUT2D eigenvalue weighted by molar-refractivity contribution is 9.11. The molecule has 0 aromatic heterocycles. The van der Waals surface area contributed by atoms with Crippen molar-refractivity contribution >= 4 is 27.8 Å². The number of hydrogen-bond acceptors (Lipinski definition) is 2. The van der Waals surface area contributed by atoms with Crippen molar-refractivity contribution in [2.75, 3.05) is 6.54 Å². The van der Waals surface area contributed by atoms with Crippen LogP contribution >= 0.6 is 15.9 Å². The minimum atomic E-state index is -0.891. The summed E-state index contributed by atoms with van der Waals surface area (Å²) in [7, 11) is 0. The zero-order chi connectivity index (χ0) is 10.0. The number of carboxylic acids is 1. The Bertz CT molecular complexity index is 264. The predicted octanol–water partition coefficient (Wildman–Crippen LogP) is 0.732. The molecule has 2 N–H and O–H groups in total. The highest BCUT2D eigenvalue weighted by Crippen LogP contribution is 2.38. The molecule has 13 heavy (non-hydrogen) atoms. The van der Waals surface area contributed by atoms with Crippen LogP contribution in [0.15, 0.2) is 11.1 Å². The summed E-state index contributed by atoms with van der Waals surface area (Å²) < 4.78 is 0.674. The van der Waals surface area contributed by atoms with Gasteiger partial charge in [-0.3, -0.25) is 9.59 Å². The van der Waals surface area contributed by atoms with Gasteiger partial charge in [-0.05, 0) is 6.42 Å². The van der Waals surface area contributed by atoms with E-state index in [-0.39, 0.29) is 11.8 Å². The van der Waals surface area contributed by atoms with E-state index in [9.17, 15) is 9.59 Å². The number of rotatable bonds is 4. The van der Waals surface area contributed by atoms with Crippen molar-refractivity contribution in [3.63, 3.8) is 0 Å². The molecule has 72 valence electrons. The Morgan fingerprint density at radius 3 is 2.54 bits per heavy atom. The second-order valence-electron chi connectivity index (χ2n) is 3.02. The number of halogens is 1. The number of carbonyl (C=O) groups is 2. The molecule has 1 aliphatic rings. The van der Waals surface area contributed by atoms with Gasteiger partial charge in [0.1, 0.15) is 0 Å². The lowest BCUT2D eigenvalue weighted by Gasteiger charge is -2.01. The van der Waals surface area contributed by atoms with E-state index in [2.05, 4.69) is 27.8 Å². The van der Waals surface area contributed by atoms with Gasteiger partial charge in [-0.25, -0.2) is 0 Å². The Labute approximate surface area is 84.1 Å². The van der Waals surface area contributed by atoms with E-state index >= 15 is 0 Å². The van der Waals surface area contributed by atoms with Crippen molar-refractivity contribution in [1.29, 1.82) is 0 Å². The quantitative estimate of drug-likeness (QED) is 0.770. The third-order valence-corrected chi connectivity index (χ3v) is 2.18. The SMILES string of the molecule is C=C(Br)CNC(=O)[C@@H]1C[C@@H]1C(=O)O. The van der Waals surface area contributed by atoms with Crippen LogP contribution in [0, 0.1) is 11.8 Å². The van der Waals surface area contributed by atoms with Crippen molar-refractivity contribution in [2.24, 2.45) is 11.8 Å². The average molecular weight is 248 g/mol. The lowest BCUT2D eigenvalue weighted by atomic mass is 10.3. The second-order valence-corrected chi connectivity index (χ2v) is 4.14. The van der Waals surface area contributed by atoms with E-state index in [4.69, 9.17) is 5.11 Å². The number of hydrogen-bond donors (Lipinski definition) is 2. The lowest BCUT2D eigenvalue weighted by Crippen LogP contribution is -2.27. The van der Waals surface area contributed by atoms with Gasteiger partial charge in [0.05, 0.1) is 11.8 Å². The zero-order valence-corrected chi connectivity index (χ0v) is 8.50. The highest BCUT2D eigenvalue weighted by atomic mass is 79.9. The van der Waals surface area contributed by atoms with Gasteiger partial charge in [0.15, 0.2) is 0 Å². The first-order chi connectivity index (χ1) is 6.02. The number of carbonyl (C=O) groups excluding carboxylic acids is 1. The molecule has 0 spiro atoms. The summed E-state index contributed by atoms with van der Waals surface area (Å²) in [4.78, 5) is 21.6. The molecule has 0 heterocycles. The van der Waals surface area contributed by atoms with Crippen LogP contribution in [0.25, 0.3) is 0 Å². The van der Waals surface area contributed by atoms with Gasteiger partial charge >= 0.3 is 5.97 Å². The topological polar surface area (TPSA) is 66.4 Å². The molecule has 1 aliphatic carbocycles. The van der Waals surface area contributed by atoms with Crippen LogP contribution in [0.2, 0.25) is 0 Å². The van der Waals surface area contributed by atoms with Crippen molar-refractivity contribution in [3.8, 4) is 0 Å². The summed E-state index contributed by atoms with van der Waals surface area (Å²) >= 11 is 3.09. The van der Waals surface area contributed by atoms with Gasteiger partial charge in [-0.2, -0.15) is 0 Å². The summed E-state index contributed by atoms with van der Waals surface area (Å²) in [5, 5.41) is 11.1. The maximum atomic E-state index is 11.2. The summed E-state index contributed by atoms with van der Waals surface area (Å²) in [6, 6.07) is 0. The Morgan fingerprint density at radius 1 is 1.54 bits per heavy atom. The third-order valence-electron chi connectivity index (χ3n) is 1.90. The first kappa shape index (κ1) is 10.2. The fourth-order valence-corrected chi connectivity index (χ4v) is 1.21. The molecule has 1 saturated carbocycles. The zero-order valence-electron chi connectivity index (χ0n) is 6.92. The minimum absolute atomic E-state index is 0.201. The van der Waals surface area contributed by atoms with Crippen molar-refractivity contribution in [2.45, 2.75) is 6.42 Å². The molecule has 0 radical (unpaired) electrons. The summed E-state index contributed by atoms with van der Waals surface area (Å²) in [6.07, 6.45) is 0.454. The molecule has 1 rings (SSSR count). The summed E-state index contributed by atoms with van der Waals surface area (Å²) in [6.45, 7) is 3.90. The van der Waals surface area contributed by atoms with E-state index in [1.165, 1.54) is 0 Å². The Balaban J connectivity index is 2.27. The van der Waals surface area contributed by atoms with Gasteiger partial charge in [0.2, 0.25) is 5.91 Å².